The normalized spacial score (nSPS) is 21.2. The highest BCUT2D eigenvalue weighted by Gasteiger charge is 2.28. The summed E-state index contributed by atoms with van der Waals surface area (Å²) in [6.45, 7) is 0.618. The highest BCUT2D eigenvalue weighted by atomic mass is 32.2. The molecule has 2 atom stereocenters. The fourth-order valence-corrected chi connectivity index (χ4v) is 4.68. The van der Waals surface area contributed by atoms with Gasteiger partial charge in [-0.25, -0.2) is 8.42 Å². The lowest BCUT2D eigenvalue weighted by molar-refractivity contribution is 0.287. The van der Waals surface area contributed by atoms with Crippen molar-refractivity contribution in [3.63, 3.8) is 0 Å². The predicted octanol–water partition coefficient (Wildman–Crippen LogP) is 0.650. The van der Waals surface area contributed by atoms with Crippen LogP contribution in [-0.2, 0) is 9.84 Å². The lowest BCUT2D eigenvalue weighted by Crippen LogP contribution is -2.46. The molecular weight excluding hydrogens is 340 g/mol. The Hall–Kier alpha value is -1.80. The van der Waals surface area contributed by atoms with E-state index in [9.17, 15) is 8.42 Å². The fraction of sp³-hybridized carbons (Fsp3) is 0.588. The van der Waals surface area contributed by atoms with E-state index in [-0.39, 0.29) is 23.6 Å². The second-order valence-corrected chi connectivity index (χ2v) is 8.65. The molecule has 7 nitrogen and oxygen atoms in total. The zero-order chi connectivity index (χ0) is 18.4. The molecule has 1 aromatic rings. The smallest absolute Gasteiger partial charge is 0.191 e. The Kier molecular flexibility index (Phi) is 6.66. The van der Waals surface area contributed by atoms with E-state index in [2.05, 4.69) is 20.5 Å². The molecule has 2 unspecified atom stereocenters. The van der Waals surface area contributed by atoms with Gasteiger partial charge in [0.25, 0.3) is 0 Å². The van der Waals surface area contributed by atoms with Crippen molar-refractivity contribution in [2.45, 2.75) is 18.5 Å². The molecule has 1 fully saturated rings. The number of aliphatic imine (C=N–C) groups is 1. The number of likely N-dealkylation sites (N-methyl/N-ethyl adjacent to an activating group) is 1. The summed E-state index contributed by atoms with van der Waals surface area (Å²) < 4.78 is 28.7. The maximum absolute atomic E-state index is 11.6. The Balaban J connectivity index is 2.02. The van der Waals surface area contributed by atoms with Gasteiger partial charge in [-0.05, 0) is 26.6 Å². The van der Waals surface area contributed by atoms with Crippen molar-refractivity contribution in [3.8, 4) is 5.75 Å². The topological polar surface area (TPSA) is 83.0 Å². The van der Waals surface area contributed by atoms with Crippen LogP contribution in [0.5, 0.6) is 5.75 Å². The first-order valence-corrected chi connectivity index (χ1v) is 10.2. The van der Waals surface area contributed by atoms with Crippen LogP contribution in [0.25, 0.3) is 0 Å². The summed E-state index contributed by atoms with van der Waals surface area (Å²) in [5, 5.41) is 6.51. The largest absolute Gasteiger partial charge is 0.496 e. The highest BCUT2D eigenvalue weighted by molar-refractivity contribution is 7.91. The van der Waals surface area contributed by atoms with E-state index in [0.717, 1.165) is 11.3 Å². The molecule has 2 N–H and O–H groups in total. The summed E-state index contributed by atoms with van der Waals surface area (Å²) in [6.07, 6.45) is 0.618. The quantitative estimate of drug-likeness (QED) is 0.567. The van der Waals surface area contributed by atoms with Gasteiger partial charge in [-0.3, -0.25) is 4.99 Å². The minimum Gasteiger partial charge on any atom is -0.496 e. The van der Waals surface area contributed by atoms with E-state index in [4.69, 9.17) is 4.74 Å². The van der Waals surface area contributed by atoms with Crippen LogP contribution >= 0.6 is 0 Å². The zero-order valence-corrected chi connectivity index (χ0v) is 16.1. The van der Waals surface area contributed by atoms with Crippen molar-refractivity contribution >= 4 is 15.8 Å². The summed E-state index contributed by atoms with van der Waals surface area (Å²) in [5.41, 5.74) is 1.08. The minimum absolute atomic E-state index is 0.0831. The van der Waals surface area contributed by atoms with Crippen molar-refractivity contribution in [1.29, 1.82) is 0 Å². The monoisotopic (exact) mass is 368 g/mol. The van der Waals surface area contributed by atoms with Crippen LogP contribution in [0.3, 0.4) is 0 Å². The predicted molar refractivity (Wildman–Crippen MR) is 101 cm³/mol. The maximum atomic E-state index is 11.6. The standard InChI is InChI=1S/C17H28N4O3S/c1-18-17(20-13-9-10-25(22,23)12-13)19-11-15(21(2)3)14-7-5-6-8-16(14)24-4/h5-8,13,15H,9-12H2,1-4H3,(H2,18,19,20). The third-order valence-electron chi connectivity index (χ3n) is 4.38. The Morgan fingerprint density at radius 1 is 1.40 bits per heavy atom. The SMILES string of the molecule is CN=C(NCC(c1ccccc1OC)N(C)C)NC1CCS(=O)(=O)C1. The third kappa shape index (κ3) is 5.34. The number of nitrogens with zero attached hydrogens (tertiary/aromatic N) is 2. The highest BCUT2D eigenvalue weighted by Crippen LogP contribution is 2.27. The molecule has 0 amide bonds. The first-order chi connectivity index (χ1) is 11.9. The molecule has 0 aliphatic carbocycles. The van der Waals surface area contributed by atoms with Crippen LogP contribution in [0.2, 0.25) is 0 Å². The number of methoxy groups -OCH3 is 1. The summed E-state index contributed by atoms with van der Waals surface area (Å²) in [7, 11) is 4.46. The second-order valence-electron chi connectivity index (χ2n) is 6.42. The number of hydrogen-bond donors (Lipinski definition) is 2. The molecule has 0 aromatic heterocycles. The van der Waals surface area contributed by atoms with Crippen LogP contribution in [-0.4, -0.2) is 71.6 Å². The summed E-state index contributed by atoms with van der Waals surface area (Å²) in [5.74, 6) is 1.86. The summed E-state index contributed by atoms with van der Waals surface area (Å²) in [4.78, 5) is 6.33. The number of rotatable bonds is 6. The fourth-order valence-electron chi connectivity index (χ4n) is 3.00. The molecule has 1 aliphatic heterocycles. The Morgan fingerprint density at radius 2 is 2.12 bits per heavy atom. The first-order valence-electron chi connectivity index (χ1n) is 8.33. The van der Waals surface area contributed by atoms with Crippen LogP contribution < -0.4 is 15.4 Å². The molecule has 2 rings (SSSR count). The van der Waals surface area contributed by atoms with Gasteiger partial charge in [-0.1, -0.05) is 18.2 Å². The summed E-state index contributed by atoms with van der Waals surface area (Å²) in [6, 6.07) is 7.93. The number of sulfone groups is 1. The molecule has 8 heteroatoms. The number of benzene rings is 1. The van der Waals surface area contributed by atoms with E-state index in [1.165, 1.54) is 0 Å². The Bertz CT molecular complexity index is 704. The van der Waals surface area contributed by atoms with Gasteiger partial charge in [0.1, 0.15) is 5.75 Å². The molecular formula is C17H28N4O3S. The van der Waals surface area contributed by atoms with Gasteiger partial charge in [-0.2, -0.15) is 0 Å². The van der Waals surface area contributed by atoms with E-state index < -0.39 is 9.84 Å². The number of nitrogens with one attached hydrogen (secondary N) is 2. The van der Waals surface area contributed by atoms with E-state index in [0.29, 0.717) is 18.9 Å². The van der Waals surface area contributed by atoms with Crippen molar-refractivity contribution in [2.24, 2.45) is 4.99 Å². The molecule has 0 bridgehead atoms. The molecule has 1 aromatic carbocycles. The van der Waals surface area contributed by atoms with Gasteiger partial charge in [0, 0.05) is 25.2 Å². The number of para-hydroxylation sites is 1. The van der Waals surface area contributed by atoms with E-state index in [1.54, 1.807) is 14.2 Å². The number of hydrogen-bond acceptors (Lipinski definition) is 5. The van der Waals surface area contributed by atoms with Gasteiger partial charge in [0.15, 0.2) is 15.8 Å². The van der Waals surface area contributed by atoms with Gasteiger partial charge in [-0.15, -0.1) is 0 Å². The summed E-state index contributed by atoms with van der Waals surface area (Å²) >= 11 is 0. The molecule has 1 heterocycles. The lowest BCUT2D eigenvalue weighted by atomic mass is 10.0. The van der Waals surface area contributed by atoms with Gasteiger partial charge in [0.05, 0.1) is 24.7 Å². The van der Waals surface area contributed by atoms with Crippen LogP contribution in [0, 0.1) is 0 Å². The van der Waals surface area contributed by atoms with E-state index in [1.807, 2.05) is 38.4 Å². The second kappa shape index (κ2) is 8.53. The Morgan fingerprint density at radius 3 is 2.68 bits per heavy atom. The van der Waals surface area contributed by atoms with Crippen LogP contribution in [0.15, 0.2) is 29.3 Å². The van der Waals surface area contributed by atoms with Gasteiger partial charge in [0.2, 0.25) is 0 Å². The van der Waals surface area contributed by atoms with Crippen molar-refractivity contribution in [1.82, 2.24) is 15.5 Å². The minimum atomic E-state index is -2.92. The molecule has 1 saturated heterocycles. The molecule has 0 radical (unpaired) electrons. The Labute approximate surface area is 150 Å². The molecule has 25 heavy (non-hydrogen) atoms. The van der Waals surface area contributed by atoms with Gasteiger partial charge >= 0.3 is 0 Å². The van der Waals surface area contributed by atoms with Crippen molar-refractivity contribution in [3.05, 3.63) is 29.8 Å². The van der Waals surface area contributed by atoms with Crippen molar-refractivity contribution in [2.75, 3.05) is 46.3 Å². The molecule has 1 aliphatic rings. The third-order valence-corrected chi connectivity index (χ3v) is 6.15. The zero-order valence-electron chi connectivity index (χ0n) is 15.3. The van der Waals surface area contributed by atoms with Crippen molar-refractivity contribution < 1.29 is 13.2 Å². The average Bonchev–Trinajstić information content (AvgIpc) is 2.92. The number of ether oxygens (including phenoxy) is 1. The molecule has 0 saturated carbocycles. The maximum Gasteiger partial charge on any atom is 0.191 e. The average molecular weight is 369 g/mol. The van der Waals surface area contributed by atoms with Crippen LogP contribution in [0.1, 0.15) is 18.0 Å². The van der Waals surface area contributed by atoms with E-state index >= 15 is 0 Å². The van der Waals surface area contributed by atoms with Crippen LogP contribution in [0.4, 0.5) is 0 Å². The first kappa shape index (κ1) is 19.5. The molecule has 140 valence electrons. The van der Waals surface area contributed by atoms with Gasteiger partial charge < -0.3 is 20.3 Å². The molecule has 0 spiro atoms. The lowest BCUT2D eigenvalue weighted by Gasteiger charge is -2.27. The number of guanidine groups is 1.